The summed E-state index contributed by atoms with van der Waals surface area (Å²) in [5.41, 5.74) is 2.00. The minimum atomic E-state index is -4.33. The maximum atomic E-state index is 10.8. The molecule has 0 aliphatic rings. The van der Waals surface area contributed by atoms with Crippen molar-refractivity contribution in [2.75, 3.05) is 0 Å². The topological polar surface area (TPSA) is 57.2 Å². The summed E-state index contributed by atoms with van der Waals surface area (Å²) < 4.78 is 32.5. The maximum absolute atomic E-state index is 10.8. The molecule has 1 aromatic rings. The summed E-state index contributed by atoms with van der Waals surface area (Å²) in [6.45, 7) is 5.12. The van der Waals surface area contributed by atoms with E-state index in [1.54, 1.807) is 26.0 Å². The van der Waals surface area contributed by atoms with Crippen LogP contribution in [-0.2, 0) is 10.1 Å². The molecule has 3 nitrogen and oxygen atoms in total. The van der Waals surface area contributed by atoms with E-state index in [-0.39, 0.29) is 56.3 Å². The van der Waals surface area contributed by atoms with Crippen LogP contribution in [0, 0.1) is 20.8 Å². The van der Waals surface area contributed by atoms with E-state index in [2.05, 4.69) is 0 Å². The zero-order valence-corrected chi connectivity index (χ0v) is 12.7. The smallest absolute Gasteiger partial charge is 0.744 e. The van der Waals surface area contributed by atoms with Gasteiger partial charge in [-0.1, -0.05) is 17.7 Å². The third-order valence-electron chi connectivity index (χ3n) is 1.85. The molecule has 0 amide bonds. The van der Waals surface area contributed by atoms with Gasteiger partial charge in [0.25, 0.3) is 0 Å². The molecule has 0 aliphatic heterocycles. The van der Waals surface area contributed by atoms with E-state index >= 15 is 0 Å². The fourth-order valence-electron chi connectivity index (χ4n) is 1.56. The van der Waals surface area contributed by atoms with Gasteiger partial charge in [-0.15, -0.1) is 0 Å². The Morgan fingerprint density at radius 3 is 1.71 bits per heavy atom. The van der Waals surface area contributed by atoms with Crippen LogP contribution in [-0.4, -0.2) is 13.0 Å². The van der Waals surface area contributed by atoms with Crippen molar-refractivity contribution < 1.29 is 64.4 Å². The Hall–Kier alpha value is 0.766. The van der Waals surface area contributed by atoms with Gasteiger partial charge in [0.2, 0.25) is 0 Å². The molecule has 1 rings (SSSR count). The van der Waals surface area contributed by atoms with Crippen molar-refractivity contribution >= 4 is 10.1 Å². The van der Waals surface area contributed by atoms with E-state index in [1.807, 2.05) is 6.92 Å². The molecule has 5 heteroatoms. The Morgan fingerprint density at radius 2 is 1.43 bits per heavy atom. The molecule has 0 heterocycles. The van der Waals surface area contributed by atoms with Crippen molar-refractivity contribution in [3.8, 4) is 0 Å². The Morgan fingerprint density at radius 1 is 1.07 bits per heavy atom. The van der Waals surface area contributed by atoms with E-state index in [4.69, 9.17) is 0 Å². The second kappa shape index (κ2) is 5.20. The van der Waals surface area contributed by atoms with Crippen LogP contribution >= 0.6 is 0 Å². The first-order valence-corrected chi connectivity index (χ1v) is 5.27. The van der Waals surface area contributed by atoms with Gasteiger partial charge in [0, 0.05) is 0 Å². The molecule has 0 unspecified atom stereocenters. The summed E-state index contributed by atoms with van der Waals surface area (Å²) in [6.07, 6.45) is 0. The second-order valence-electron chi connectivity index (χ2n) is 3.18. The van der Waals surface area contributed by atoms with Gasteiger partial charge < -0.3 is 4.55 Å². The van der Waals surface area contributed by atoms with Crippen molar-refractivity contribution in [1.29, 1.82) is 0 Å². The summed E-state index contributed by atoms with van der Waals surface area (Å²) >= 11 is 0. The Bertz CT molecular complexity index is 414. The van der Waals surface area contributed by atoms with Crippen molar-refractivity contribution in [2.24, 2.45) is 0 Å². The van der Waals surface area contributed by atoms with Crippen molar-refractivity contribution in [3.63, 3.8) is 0 Å². The minimum Gasteiger partial charge on any atom is -0.744 e. The number of hydrogen-bond donors (Lipinski definition) is 0. The maximum Gasteiger partial charge on any atom is 1.00 e. The molecular weight excluding hydrogens is 227 g/mol. The minimum absolute atomic E-state index is 0. The van der Waals surface area contributed by atoms with E-state index < -0.39 is 10.1 Å². The molecule has 0 aliphatic carbocycles. The zero-order valence-electron chi connectivity index (χ0n) is 8.79. The summed E-state index contributed by atoms with van der Waals surface area (Å²) in [7, 11) is -4.33. The molecule has 0 spiro atoms. The number of rotatable bonds is 1. The van der Waals surface area contributed by atoms with Crippen LogP contribution in [0.1, 0.15) is 16.7 Å². The van der Waals surface area contributed by atoms with Gasteiger partial charge in [-0.2, -0.15) is 0 Å². The molecule has 0 saturated heterocycles. The largest absolute Gasteiger partial charge is 1.00 e. The normalized spacial score (nSPS) is 10.9. The predicted octanol–water partition coefficient (Wildman–Crippen LogP) is -1.48. The van der Waals surface area contributed by atoms with Crippen molar-refractivity contribution in [3.05, 3.63) is 28.8 Å². The van der Waals surface area contributed by atoms with Crippen LogP contribution < -0.4 is 51.4 Å². The monoisotopic (exact) mass is 238 g/mol. The van der Waals surface area contributed by atoms with Crippen LogP contribution in [0.5, 0.6) is 0 Å². The molecule has 0 atom stereocenters. The molecule has 14 heavy (non-hydrogen) atoms. The van der Waals surface area contributed by atoms with Gasteiger partial charge in [-0.25, -0.2) is 8.42 Å². The van der Waals surface area contributed by atoms with Gasteiger partial charge >= 0.3 is 51.4 Å². The van der Waals surface area contributed by atoms with Gasteiger partial charge in [0.1, 0.15) is 10.1 Å². The predicted molar refractivity (Wildman–Crippen MR) is 48.6 cm³/mol. The number of benzene rings is 1. The molecule has 0 N–H and O–H groups in total. The number of aryl methyl sites for hydroxylation is 3. The fourth-order valence-corrected chi connectivity index (χ4v) is 2.47. The van der Waals surface area contributed by atoms with E-state index in [1.165, 1.54) is 0 Å². The molecule has 72 valence electrons. The fraction of sp³-hybridized carbons (Fsp3) is 0.333. The van der Waals surface area contributed by atoms with E-state index in [0.717, 1.165) is 5.56 Å². The van der Waals surface area contributed by atoms with Gasteiger partial charge in [0.15, 0.2) is 0 Å². The van der Waals surface area contributed by atoms with Gasteiger partial charge in [-0.05, 0) is 31.9 Å². The summed E-state index contributed by atoms with van der Waals surface area (Å²) in [5, 5.41) is 0. The van der Waals surface area contributed by atoms with E-state index in [9.17, 15) is 13.0 Å². The Kier molecular flexibility index (Phi) is 5.49. The Labute approximate surface area is 127 Å². The van der Waals surface area contributed by atoms with Crippen LogP contribution in [0.15, 0.2) is 17.0 Å². The zero-order chi connectivity index (χ0) is 10.2. The average Bonchev–Trinajstić information content (AvgIpc) is 1.78. The molecule has 0 saturated carbocycles. The molecule has 0 fully saturated rings. The Balaban J connectivity index is 0.00000169. The van der Waals surface area contributed by atoms with Gasteiger partial charge in [-0.3, -0.25) is 0 Å². The SMILES string of the molecule is Cc1cc(C)c(S(=O)(=O)[O-])c(C)c1.[K+]. The van der Waals surface area contributed by atoms with Crippen LogP contribution in [0.3, 0.4) is 0 Å². The summed E-state index contributed by atoms with van der Waals surface area (Å²) in [5.74, 6) is 0. The molecular formula is C9H11KO3S. The van der Waals surface area contributed by atoms with Crippen molar-refractivity contribution in [2.45, 2.75) is 25.7 Å². The molecule has 0 bridgehead atoms. The van der Waals surface area contributed by atoms with Crippen LogP contribution in [0.4, 0.5) is 0 Å². The third-order valence-corrected chi connectivity index (χ3v) is 3.00. The average molecular weight is 238 g/mol. The van der Waals surface area contributed by atoms with Crippen LogP contribution in [0.25, 0.3) is 0 Å². The quantitative estimate of drug-likeness (QED) is 0.443. The molecule has 0 aromatic heterocycles. The first-order chi connectivity index (χ1) is 5.82. The first-order valence-electron chi connectivity index (χ1n) is 3.86. The second-order valence-corrected chi connectivity index (χ2v) is 4.50. The number of hydrogen-bond acceptors (Lipinski definition) is 3. The molecule has 0 radical (unpaired) electrons. The summed E-state index contributed by atoms with van der Waals surface area (Å²) in [6, 6.07) is 3.38. The molecule has 1 aromatic carbocycles. The van der Waals surface area contributed by atoms with Crippen molar-refractivity contribution in [1.82, 2.24) is 0 Å². The van der Waals surface area contributed by atoms with Gasteiger partial charge in [0.05, 0.1) is 4.90 Å². The first kappa shape index (κ1) is 14.8. The summed E-state index contributed by atoms with van der Waals surface area (Å²) in [4.78, 5) is -0.0851. The third kappa shape index (κ3) is 3.41. The van der Waals surface area contributed by atoms with Crippen LogP contribution in [0.2, 0.25) is 0 Å². The standard InChI is InChI=1S/C9H12O3S.K/c1-6-4-7(2)9(8(3)5-6)13(10,11)12;/h4-5H,1-3H3,(H,10,11,12);/q;+1/p-1. The van der Waals surface area contributed by atoms with E-state index in [0.29, 0.717) is 11.1 Å².